The van der Waals surface area contributed by atoms with E-state index in [0.29, 0.717) is 11.5 Å². The van der Waals surface area contributed by atoms with Gasteiger partial charge in [-0.1, -0.05) is 6.58 Å². The Labute approximate surface area is 99.0 Å². The number of ether oxygens (including phenoxy) is 2. The van der Waals surface area contributed by atoms with Gasteiger partial charge in [0.1, 0.15) is 17.9 Å². The summed E-state index contributed by atoms with van der Waals surface area (Å²) < 4.78 is 14.7. The zero-order valence-electron chi connectivity index (χ0n) is 9.76. The number of hydrogen-bond donors (Lipinski definition) is 0. The van der Waals surface area contributed by atoms with Crippen molar-refractivity contribution in [1.29, 1.82) is 0 Å². The normalized spacial score (nSPS) is 11.6. The van der Waals surface area contributed by atoms with Crippen molar-refractivity contribution in [2.75, 3.05) is 0 Å². The lowest BCUT2D eigenvalue weighted by Gasteiger charge is -2.11. The number of hydrogen-bond acceptors (Lipinski definition) is 5. The summed E-state index contributed by atoms with van der Waals surface area (Å²) in [6.07, 6.45) is 0.629. The third-order valence-corrected chi connectivity index (χ3v) is 1.83. The summed E-state index contributed by atoms with van der Waals surface area (Å²) >= 11 is 0. The lowest BCUT2D eigenvalue weighted by atomic mass is 10.3. The molecule has 0 amide bonds. The Balaban J connectivity index is 2.43. The minimum absolute atomic E-state index is 0.0144. The molecule has 1 rings (SSSR count). The van der Waals surface area contributed by atoms with E-state index in [4.69, 9.17) is 9.15 Å². The molecule has 0 aliphatic heterocycles. The second kappa shape index (κ2) is 5.89. The maximum absolute atomic E-state index is 11.4. The van der Waals surface area contributed by atoms with Crippen molar-refractivity contribution >= 4 is 18.0 Å². The van der Waals surface area contributed by atoms with Gasteiger partial charge in [0, 0.05) is 13.8 Å². The van der Waals surface area contributed by atoms with E-state index in [9.17, 15) is 9.59 Å². The molecule has 0 saturated heterocycles. The molecule has 0 radical (unpaired) electrons. The number of esters is 2. The predicted octanol–water partition coefficient (Wildman–Crippen LogP) is 1.92. The number of carbonyl (C=O) groups is 2. The minimum Gasteiger partial charge on any atom is -0.461 e. The van der Waals surface area contributed by atoms with Crippen LogP contribution in [0.15, 0.2) is 23.1 Å². The summed E-state index contributed by atoms with van der Waals surface area (Å²) in [5, 5.41) is 0. The van der Waals surface area contributed by atoms with E-state index in [1.165, 1.54) is 19.9 Å². The molecule has 1 heterocycles. The third kappa shape index (κ3) is 4.55. The smallest absolute Gasteiger partial charge is 0.316 e. The van der Waals surface area contributed by atoms with E-state index in [2.05, 4.69) is 11.3 Å². The molecule has 1 aromatic heterocycles. The molecule has 0 saturated carbocycles. The van der Waals surface area contributed by atoms with Gasteiger partial charge in [-0.15, -0.1) is 0 Å². The fourth-order valence-corrected chi connectivity index (χ4v) is 1.23. The van der Waals surface area contributed by atoms with Crippen LogP contribution in [0.3, 0.4) is 0 Å². The standard InChI is InChI=1S/C12H14O5/c1-4-10-5-6-11(17-10)7-12(14)16-9(3)15-8(2)13/h4-6,9H,1,7H2,2-3H3. The first kappa shape index (κ1) is 13.0. The van der Waals surface area contributed by atoms with Gasteiger partial charge in [-0.25, -0.2) is 0 Å². The maximum atomic E-state index is 11.4. The van der Waals surface area contributed by atoms with Gasteiger partial charge in [0.05, 0.1) is 0 Å². The van der Waals surface area contributed by atoms with Crippen LogP contribution in [0.25, 0.3) is 6.08 Å². The highest BCUT2D eigenvalue weighted by atomic mass is 16.7. The number of rotatable bonds is 5. The van der Waals surface area contributed by atoms with E-state index in [1.807, 2.05) is 0 Å². The first-order valence-corrected chi connectivity index (χ1v) is 5.09. The molecule has 0 fully saturated rings. The van der Waals surface area contributed by atoms with E-state index in [0.717, 1.165) is 0 Å². The monoisotopic (exact) mass is 238 g/mol. The molecular weight excluding hydrogens is 224 g/mol. The number of carbonyl (C=O) groups excluding carboxylic acids is 2. The van der Waals surface area contributed by atoms with Crippen molar-refractivity contribution in [2.24, 2.45) is 0 Å². The van der Waals surface area contributed by atoms with Crippen LogP contribution in [0, 0.1) is 0 Å². The van der Waals surface area contributed by atoms with Crippen molar-refractivity contribution in [2.45, 2.75) is 26.6 Å². The number of furan rings is 1. The molecule has 0 aromatic carbocycles. The van der Waals surface area contributed by atoms with Crippen molar-refractivity contribution in [3.05, 3.63) is 30.2 Å². The topological polar surface area (TPSA) is 65.7 Å². The van der Waals surface area contributed by atoms with Crippen LogP contribution in [-0.2, 0) is 25.5 Å². The van der Waals surface area contributed by atoms with Crippen molar-refractivity contribution in [1.82, 2.24) is 0 Å². The molecule has 0 spiro atoms. The average molecular weight is 238 g/mol. The van der Waals surface area contributed by atoms with Crippen LogP contribution >= 0.6 is 0 Å². The van der Waals surface area contributed by atoms with E-state index in [-0.39, 0.29) is 6.42 Å². The molecule has 1 unspecified atom stereocenters. The lowest BCUT2D eigenvalue weighted by Crippen LogP contribution is -2.21. The molecule has 1 aromatic rings. The molecule has 0 aliphatic carbocycles. The van der Waals surface area contributed by atoms with Crippen LogP contribution < -0.4 is 0 Å². The summed E-state index contributed by atoms with van der Waals surface area (Å²) in [4.78, 5) is 22.0. The minimum atomic E-state index is -0.895. The largest absolute Gasteiger partial charge is 0.461 e. The van der Waals surface area contributed by atoms with Gasteiger partial charge in [-0.05, 0) is 18.2 Å². The Kier molecular flexibility index (Phi) is 4.51. The molecule has 92 valence electrons. The fourth-order valence-electron chi connectivity index (χ4n) is 1.23. The molecular formula is C12H14O5. The molecule has 17 heavy (non-hydrogen) atoms. The van der Waals surface area contributed by atoms with Crippen LogP contribution in [-0.4, -0.2) is 18.2 Å². The van der Waals surface area contributed by atoms with Gasteiger partial charge in [0.2, 0.25) is 6.29 Å². The quantitative estimate of drug-likeness (QED) is 0.579. The van der Waals surface area contributed by atoms with Gasteiger partial charge >= 0.3 is 11.9 Å². The fraction of sp³-hybridized carbons (Fsp3) is 0.333. The highest BCUT2D eigenvalue weighted by molar-refractivity contribution is 5.72. The zero-order chi connectivity index (χ0) is 12.8. The zero-order valence-corrected chi connectivity index (χ0v) is 9.76. The second-order valence-electron chi connectivity index (χ2n) is 3.35. The summed E-state index contributed by atoms with van der Waals surface area (Å²) in [7, 11) is 0. The summed E-state index contributed by atoms with van der Waals surface area (Å²) in [5.41, 5.74) is 0. The van der Waals surface area contributed by atoms with Crippen LogP contribution in [0.5, 0.6) is 0 Å². The van der Waals surface area contributed by atoms with Gasteiger partial charge < -0.3 is 13.9 Å². The van der Waals surface area contributed by atoms with Gasteiger partial charge in [-0.3, -0.25) is 9.59 Å². The van der Waals surface area contributed by atoms with Gasteiger partial charge in [-0.2, -0.15) is 0 Å². The summed E-state index contributed by atoms with van der Waals surface area (Å²) in [6.45, 7) is 6.25. The first-order chi connectivity index (χ1) is 8.01. The van der Waals surface area contributed by atoms with E-state index in [1.54, 1.807) is 12.1 Å². The van der Waals surface area contributed by atoms with E-state index >= 15 is 0 Å². The third-order valence-electron chi connectivity index (χ3n) is 1.83. The van der Waals surface area contributed by atoms with Crippen LogP contribution in [0.2, 0.25) is 0 Å². The highest BCUT2D eigenvalue weighted by Crippen LogP contribution is 2.10. The van der Waals surface area contributed by atoms with Crippen molar-refractivity contribution < 1.29 is 23.5 Å². The summed E-state index contributed by atoms with van der Waals surface area (Å²) in [6, 6.07) is 3.36. The molecule has 0 aliphatic rings. The van der Waals surface area contributed by atoms with Crippen molar-refractivity contribution in [3.8, 4) is 0 Å². The second-order valence-corrected chi connectivity index (χ2v) is 3.35. The Hall–Kier alpha value is -2.04. The van der Waals surface area contributed by atoms with Crippen molar-refractivity contribution in [3.63, 3.8) is 0 Å². The van der Waals surface area contributed by atoms with Crippen LogP contribution in [0.4, 0.5) is 0 Å². The average Bonchev–Trinajstić information content (AvgIpc) is 2.63. The Bertz CT molecular complexity index is 418. The van der Waals surface area contributed by atoms with Gasteiger partial charge in [0.15, 0.2) is 0 Å². The first-order valence-electron chi connectivity index (χ1n) is 5.09. The van der Waals surface area contributed by atoms with E-state index < -0.39 is 18.2 Å². The molecule has 5 nitrogen and oxygen atoms in total. The molecule has 5 heteroatoms. The maximum Gasteiger partial charge on any atom is 0.316 e. The molecule has 0 N–H and O–H groups in total. The predicted molar refractivity (Wildman–Crippen MR) is 59.8 cm³/mol. The Morgan fingerprint density at radius 2 is 2.18 bits per heavy atom. The Morgan fingerprint density at radius 3 is 2.71 bits per heavy atom. The molecule has 1 atom stereocenters. The molecule has 0 bridgehead atoms. The highest BCUT2D eigenvalue weighted by Gasteiger charge is 2.13. The SMILES string of the molecule is C=Cc1ccc(CC(=O)OC(C)OC(C)=O)o1. The Morgan fingerprint density at radius 1 is 1.47 bits per heavy atom. The summed E-state index contributed by atoms with van der Waals surface area (Å²) in [5.74, 6) is 0.0294. The van der Waals surface area contributed by atoms with Gasteiger partial charge in [0.25, 0.3) is 0 Å². The lowest BCUT2D eigenvalue weighted by molar-refractivity contribution is -0.182. The van der Waals surface area contributed by atoms with Crippen LogP contribution in [0.1, 0.15) is 25.4 Å².